The summed E-state index contributed by atoms with van der Waals surface area (Å²) in [6.45, 7) is 0.892. The third kappa shape index (κ3) is 3.99. The second-order valence-electron chi connectivity index (χ2n) is 7.56. The summed E-state index contributed by atoms with van der Waals surface area (Å²) in [7, 11) is 0. The molecule has 1 aliphatic rings. The number of nitrogens with one attached hydrogen (secondary N) is 1. The largest absolute Gasteiger partial charge is 0.347 e. The first-order valence-electron chi connectivity index (χ1n) is 10.4. The van der Waals surface area contributed by atoms with Crippen LogP contribution in [0.2, 0.25) is 5.02 Å². The average molecular weight is 466 g/mol. The minimum Gasteiger partial charge on any atom is -0.347 e. The van der Waals surface area contributed by atoms with Gasteiger partial charge in [0.1, 0.15) is 0 Å². The van der Waals surface area contributed by atoms with Gasteiger partial charge in [-0.15, -0.1) is 16.4 Å². The number of hydrogen-bond donors (Lipinski definition) is 1. The number of amides is 2. The quantitative estimate of drug-likeness (QED) is 0.465. The van der Waals surface area contributed by atoms with E-state index in [1.807, 2.05) is 41.8 Å². The number of benzene rings is 2. The first kappa shape index (κ1) is 20.7. The minimum atomic E-state index is -0.589. The van der Waals surface area contributed by atoms with Gasteiger partial charge in [0.25, 0.3) is 0 Å². The first-order valence-corrected chi connectivity index (χ1v) is 11.6. The molecule has 0 fully saturated rings. The Labute approximate surface area is 193 Å². The second kappa shape index (κ2) is 8.72. The maximum atomic E-state index is 12.7. The number of rotatable bonds is 4. The van der Waals surface area contributed by atoms with Crippen molar-refractivity contribution < 1.29 is 9.59 Å². The smallest absolute Gasteiger partial charge is 0.316 e. The summed E-state index contributed by atoms with van der Waals surface area (Å²) in [5.41, 5.74) is 3.74. The minimum absolute atomic E-state index is 0.335. The molecule has 3 heterocycles. The number of hydrogen-bond acceptors (Lipinski definition) is 5. The lowest BCUT2D eigenvalue weighted by Gasteiger charge is -2.28. The van der Waals surface area contributed by atoms with Gasteiger partial charge in [0, 0.05) is 41.2 Å². The van der Waals surface area contributed by atoms with Gasteiger partial charge < -0.3 is 10.2 Å². The van der Waals surface area contributed by atoms with Gasteiger partial charge >= 0.3 is 11.8 Å². The Morgan fingerprint density at radius 2 is 1.94 bits per heavy atom. The number of carbonyl (C=O) groups is 2. The third-order valence-corrected chi connectivity index (χ3v) is 6.59. The predicted octanol–water partition coefficient (Wildman–Crippen LogP) is 3.75. The number of carbonyl (C=O) groups excluding carboxylic acids is 2. The molecule has 9 heteroatoms. The number of halogens is 1. The van der Waals surface area contributed by atoms with Crippen molar-refractivity contribution in [3.63, 3.8) is 0 Å². The molecule has 0 saturated carbocycles. The van der Waals surface area contributed by atoms with E-state index >= 15 is 0 Å². The van der Waals surface area contributed by atoms with Crippen LogP contribution >= 0.6 is 22.9 Å². The molecule has 32 heavy (non-hydrogen) atoms. The maximum absolute atomic E-state index is 12.7. The highest BCUT2D eigenvalue weighted by Crippen LogP contribution is 2.27. The molecule has 0 aliphatic carbocycles. The van der Waals surface area contributed by atoms with Gasteiger partial charge in [-0.25, -0.2) is 4.52 Å². The van der Waals surface area contributed by atoms with Crippen molar-refractivity contribution in [2.45, 2.75) is 19.3 Å². The van der Waals surface area contributed by atoms with Crippen molar-refractivity contribution >= 4 is 45.4 Å². The zero-order valence-corrected chi connectivity index (χ0v) is 18.7. The van der Waals surface area contributed by atoms with Gasteiger partial charge in [-0.2, -0.15) is 4.98 Å². The second-order valence-corrected chi connectivity index (χ2v) is 8.83. The fraction of sp³-hybridized carbons (Fsp3) is 0.217. The molecular formula is C23H20ClN5O2S. The van der Waals surface area contributed by atoms with E-state index in [9.17, 15) is 9.59 Å². The van der Waals surface area contributed by atoms with E-state index < -0.39 is 11.8 Å². The Morgan fingerprint density at radius 3 is 2.78 bits per heavy atom. The first-order chi connectivity index (χ1) is 15.6. The van der Waals surface area contributed by atoms with Crippen molar-refractivity contribution in [1.29, 1.82) is 0 Å². The van der Waals surface area contributed by atoms with Crippen LogP contribution in [0.15, 0.2) is 53.9 Å². The van der Waals surface area contributed by atoms with E-state index in [4.69, 9.17) is 11.6 Å². The maximum Gasteiger partial charge on any atom is 0.316 e. The number of nitrogens with zero attached hydrogens (tertiary/aromatic N) is 4. The Bertz CT molecular complexity index is 1300. The lowest BCUT2D eigenvalue weighted by atomic mass is 10.0. The zero-order chi connectivity index (χ0) is 22.1. The van der Waals surface area contributed by atoms with Crippen LogP contribution in [0, 0.1) is 0 Å². The van der Waals surface area contributed by atoms with Gasteiger partial charge in [-0.3, -0.25) is 9.59 Å². The molecular weight excluding hydrogens is 446 g/mol. The molecule has 0 saturated heterocycles. The van der Waals surface area contributed by atoms with Crippen LogP contribution in [-0.2, 0) is 22.4 Å². The highest BCUT2D eigenvalue weighted by molar-refractivity contribution is 7.15. The molecule has 162 valence electrons. The van der Waals surface area contributed by atoms with Crippen LogP contribution in [0.1, 0.15) is 17.7 Å². The molecule has 0 spiro atoms. The zero-order valence-electron chi connectivity index (χ0n) is 17.1. The fourth-order valence-corrected chi connectivity index (χ4v) is 4.85. The van der Waals surface area contributed by atoms with Gasteiger partial charge in [-0.1, -0.05) is 29.8 Å². The molecule has 1 aliphatic heterocycles. The molecule has 1 N–H and O–H groups in total. The summed E-state index contributed by atoms with van der Waals surface area (Å²) in [5.74, 6) is -0.482. The lowest BCUT2D eigenvalue weighted by Crippen LogP contribution is -2.45. The van der Waals surface area contributed by atoms with Crippen LogP contribution in [-0.4, -0.2) is 39.5 Å². The molecule has 2 aromatic carbocycles. The van der Waals surface area contributed by atoms with Crippen molar-refractivity contribution in [1.82, 2.24) is 19.9 Å². The number of fused-ring (bicyclic) bond motifs is 2. The van der Waals surface area contributed by atoms with Gasteiger partial charge in [0.15, 0.2) is 5.82 Å². The number of para-hydroxylation sites is 1. The third-order valence-electron chi connectivity index (χ3n) is 5.47. The van der Waals surface area contributed by atoms with Gasteiger partial charge in [0.05, 0.1) is 5.69 Å². The number of aryl methyl sites for hydroxylation is 1. The van der Waals surface area contributed by atoms with E-state index in [1.54, 1.807) is 21.5 Å². The van der Waals surface area contributed by atoms with Crippen molar-refractivity contribution in [3.8, 4) is 11.4 Å². The SMILES string of the molecule is O=C(NCCc1csc2nc(-c3ccc(Cl)cc3)nn12)C(=O)N1CCCc2ccccc21. The van der Waals surface area contributed by atoms with Crippen LogP contribution in [0.4, 0.5) is 5.69 Å². The van der Waals surface area contributed by atoms with Gasteiger partial charge in [0.2, 0.25) is 4.96 Å². The monoisotopic (exact) mass is 465 g/mol. The fourth-order valence-electron chi connectivity index (χ4n) is 3.86. The summed E-state index contributed by atoms with van der Waals surface area (Å²) in [4.78, 5) is 32.2. The molecule has 0 radical (unpaired) electrons. The van der Waals surface area contributed by atoms with Crippen molar-refractivity contribution in [2.75, 3.05) is 18.0 Å². The Balaban J connectivity index is 1.23. The summed E-state index contributed by atoms with van der Waals surface area (Å²) in [6, 6.07) is 15.1. The van der Waals surface area contributed by atoms with Crippen LogP contribution in [0.3, 0.4) is 0 Å². The molecule has 7 nitrogen and oxygen atoms in total. The van der Waals surface area contributed by atoms with E-state index in [0.29, 0.717) is 30.4 Å². The topological polar surface area (TPSA) is 79.6 Å². The summed E-state index contributed by atoms with van der Waals surface area (Å²) >= 11 is 7.44. The Morgan fingerprint density at radius 1 is 1.12 bits per heavy atom. The van der Waals surface area contributed by atoms with Crippen molar-refractivity contribution in [2.24, 2.45) is 0 Å². The van der Waals surface area contributed by atoms with Crippen LogP contribution < -0.4 is 10.2 Å². The predicted molar refractivity (Wildman–Crippen MR) is 125 cm³/mol. The summed E-state index contributed by atoms with van der Waals surface area (Å²) in [6.07, 6.45) is 2.32. The number of anilines is 1. The summed E-state index contributed by atoms with van der Waals surface area (Å²) in [5, 5.41) is 9.97. The van der Waals surface area contributed by atoms with E-state index in [-0.39, 0.29) is 0 Å². The van der Waals surface area contributed by atoms with Crippen molar-refractivity contribution in [3.05, 3.63) is 70.2 Å². The number of aromatic nitrogens is 3. The average Bonchev–Trinajstić information content (AvgIpc) is 3.40. The van der Waals surface area contributed by atoms with E-state index in [2.05, 4.69) is 15.4 Å². The molecule has 5 rings (SSSR count). The van der Waals surface area contributed by atoms with Crippen LogP contribution in [0.5, 0.6) is 0 Å². The van der Waals surface area contributed by atoms with Crippen LogP contribution in [0.25, 0.3) is 16.3 Å². The Kier molecular flexibility index (Phi) is 5.63. The molecule has 2 amide bonds. The molecule has 0 bridgehead atoms. The van der Waals surface area contributed by atoms with Gasteiger partial charge in [-0.05, 0) is 48.7 Å². The molecule has 2 aromatic heterocycles. The summed E-state index contributed by atoms with van der Waals surface area (Å²) < 4.78 is 1.78. The normalized spacial score (nSPS) is 13.2. The lowest BCUT2D eigenvalue weighted by molar-refractivity contribution is -0.137. The standard InChI is InChI=1S/C23H20ClN5O2S/c24-17-9-7-16(8-10-17)20-26-23-29(27-20)18(14-32-23)11-12-25-21(30)22(31)28-13-3-5-15-4-1-2-6-19(15)28/h1-2,4,6-10,14H,3,5,11-13H2,(H,25,30). The number of thiazole rings is 1. The molecule has 4 aromatic rings. The highest BCUT2D eigenvalue weighted by Gasteiger charge is 2.27. The Hall–Kier alpha value is -3.23. The van der Waals surface area contributed by atoms with E-state index in [0.717, 1.165) is 40.3 Å². The molecule has 0 atom stereocenters. The molecule has 0 unspecified atom stereocenters. The van der Waals surface area contributed by atoms with E-state index in [1.165, 1.54) is 11.3 Å². The highest BCUT2D eigenvalue weighted by atomic mass is 35.5.